The number of rotatable bonds is 8. The van der Waals surface area contributed by atoms with Gasteiger partial charge in [0.1, 0.15) is 6.67 Å². The van der Waals surface area contributed by atoms with Crippen LogP contribution in [0.15, 0.2) is 54.7 Å². The maximum absolute atomic E-state index is 12.0. The number of hydrogen-bond donors (Lipinski definition) is 1. The Morgan fingerprint density at radius 3 is 2.72 bits per heavy atom. The summed E-state index contributed by atoms with van der Waals surface area (Å²) >= 11 is 0. The summed E-state index contributed by atoms with van der Waals surface area (Å²) < 4.78 is 24.8. The number of nitrogens with zero attached hydrogens (tertiary/aromatic N) is 2. The molecule has 0 fully saturated rings. The van der Waals surface area contributed by atoms with Gasteiger partial charge in [-0.2, -0.15) is 0 Å². The van der Waals surface area contributed by atoms with Gasteiger partial charge in [0, 0.05) is 29.2 Å². The molecule has 0 saturated heterocycles. The van der Waals surface area contributed by atoms with Gasteiger partial charge in [0.25, 0.3) is 0 Å². The van der Waals surface area contributed by atoms with E-state index in [1.165, 1.54) is 0 Å². The van der Waals surface area contributed by atoms with Crippen LogP contribution >= 0.6 is 0 Å². The van der Waals surface area contributed by atoms with Crippen molar-refractivity contribution in [2.75, 3.05) is 33.1 Å². The van der Waals surface area contributed by atoms with Crippen molar-refractivity contribution in [1.82, 2.24) is 14.5 Å². The second-order valence-corrected chi connectivity index (χ2v) is 6.52. The van der Waals surface area contributed by atoms with E-state index in [1.807, 2.05) is 48.7 Å². The van der Waals surface area contributed by atoms with E-state index in [0.717, 1.165) is 27.5 Å². The van der Waals surface area contributed by atoms with E-state index in [-0.39, 0.29) is 6.61 Å². The molecule has 0 aliphatic heterocycles. The highest BCUT2D eigenvalue weighted by atomic mass is 18.2. The van der Waals surface area contributed by atoms with E-state index in [0.29, 0.717) is 32.2 Å². The molecule has 4 aromatic rings. The number of ether oxygens (including phenoxy) is 2. The average molecular weight is 390 g/mol. The molecule has 6 heteroatoms. The minimum atomic E-state index is -0.472. The van der Waals surface area contributed by atoms with Crippen molar-refractivity contribution in [1.29, 1.82) is 0 Å². The summed E-state index contributed by atoms with van der Waals surface area (Å²) in [6.45, 7) is 1.60. The lowest BCUT2D eigenvalue weighted by atomic mass is 10.1. The first-order valence-electron chi connectivity index (χ1n) is 9.61. The summed E-state index contributed by atoms with van der Waals surface area (Å²) in [5.41, 5.74) is 3.96. The fourth-order valence-electron chi connectivity index (χ4n) is 3.19. The highest BCUT2D eigenvalue weighted by molar-refractivity contribution is 5.81. The van der Waals surface area contributed by atoms with Crippen molar-refractivity contribution in [3.8, 4) is 11.8 Å². The Morgan fingerprint density at radius 2 is 1.83 bits per heavy atom. The number of halogens is 1. The van der Waals surface area contributed by atoms with Crippen molar-refractivity contribution in [2.24, 2.45) is 0 Å². The number of hydrogen-bond acceptors (Lipinski definition) is 3. The first kappa shape index (κ1) is 19.2. The number of nitrogens with one attached hydrogen (secondary N) is 1. The molecule has 0 aliphatic rings. The maximum atomic E-state index is 12.0. The molecular weight excluding hydrogens is 368 g/mol. The first-order chi connectivity index (χ1) is 14.3. The Kier molecular flexibility index (Phi) is 6.20. The molecule has 2 aromatic heterocycles. The molecule has 0 atom stereocenters. The van der Waals surface area contributed by atoms with E-state index in [4.69, 9.17) is 9.47 Å². The molecule has 0 aliphatic carbocycles. The topological polar surface area (TPSA) is 52.1 Å². The van der Waals surface area contributed by atoms with Crippen molar-refractivity contribution >= 4 is 21.9 Å². The first-order valence-corrected chi connectivity index (χ1v) is 9.61. The van der Waals surface area contributed by atoms with Crippen molar-refractivity contribution in [3.63, 3.8) is 0 Å². The third-order valence-electron chi connectivity index (χ3n) is 4.58. The van der Waals surface area contributed by atoms with Gasteiger partial charge >= 0.3 is 0 Å². The highest BCUT2D eigenvalue weighted by Gasteiger charge is 2.08. The predicted octanol–water partition coefficient (Wildman–Crippen LogP) is 3.92. The largest absolute Gasteiger partial charge is 0.377 e. The lowest BCUT2D eigenvalue weighted by Gasteiger charge is -2.07. The molecule has 0 unspecified atom stereocenters. The smallest absolute Gasteiger partial charge is 0.186 e. The van der Waals surface area contributed by atoms with Gasteiger partial charge in [0.2, 0.25) is 0 Å². The van der Waals surface area contributed by atoms with Crippen LogP contribution in [0.25, 0.3) is 21.9 Å². The molecule has 4 rings (SSSR count). The van der Waals surface area contributed by atoms with Crippen molar-refractivity contribution < 1.29 is 13.9 Å². The fourth-order valence-corrected chi connectivity index (χ4v) is 3.19. The summed E-state index contributed by atoms with van der Waals surface area (Å²) in [6.07, 6.45) is 1.92. The number of benzene rings is 2. The van der Waals surface area contributed by atoms with Gasteiger partial charge in [-0.3, -0.25) is 0 Å². The van der Waals surface area contributed by atoms with Crippen LogP contribution in [0, 0.1) is 11.8 Å². The average Bonchev–Trinajstić information content (AvgIpc) is 3.35. The van der Waals surface area contributed by atoms with E-state index in [9.17, 15) is 4.39 Å². The maximum Gasteiger partial charge on any atom is 0.186 e. The molecule has 2 heterocycles. The van der Waals surface area contributed by atoms with Gasteiger partial charge in [0.05, 0.1) is 37.5 Å². The Balaban J connectivity index is 1.50. The van der Waals surface area contributed by atoms with Crippen LogP contribution < -0.4 is 0 Å². The van der Waals surface area contributed by atoms with E-state index in [2.05, 4.69) is 32.4 Å². The molecule has 0 spiro atoms. The Labute approximate surface area is 168 Å². The van der Waals surface area contributed by atoms with Crippen molar-refractivity contribution in [3.05, 3.63) is 66.1 Å². The molecule has 29 heavy (non-hydrogen) atoms. The molecule has 0 radical (unpaired) electrons. The standard InChI is InChI=1S/C23H22FN3O2/c24-10-13-28-15-16-29-14-12-27-22-4-2-1-3-21(22)26-23(27)8-6-18-5-7-20-19(17-18)9-11-25-20/h1-5,7,9,11,17,25H,10,12-16H2/i24-1. The Bertz CT molecular complexity index is 1150. The molecule has 0 amide bonds. The van der Waals surface area contributed by atoms with E-state index in [1.54, 1.807) is 0 Å². The van der Waals surface area contributed by atoms with Crippen LogP contribution in [0.4, 0.5) is 4.39 Å². The number of para-hydroxylation sites is 2. The van der Waals surface area contributed by atoms with Gasteiger partial charge in [-0.25, -0.2) is 9.37 Å². The third-order valence-corrected chi connectivity index (χ3v) is 4.58. The van der Waals surface area contributed by atoms with Crippen LogP contribution in [-0.2, 0) is 16.0 Å². The monoisotopic (exact) mass is 390 g/mol. The quantitative estimate of drug-likeness (QED) is 0.366. The molecule has 148 valence electrons. The lowest BCUT2D eigenvalue weighted by molar-refractivity contribution is 0.0404. The van der Waals surface area contributed by atoms with E-state index < -0.39 is 6.67 Å². The molecular formula is C23H22FN3O2. The second kappa shape index (κ2) is 9.37. The molecule has 0 bridgehead atoms. The fraction of sp³-hybridized carbons (Fsp3) is 0.261. The lowest BCUT2D eigenvalue weighted by Crippen LogP contribution is -2.12. The number of imidazole rings is 1. The van der Waals surface area contributed by atoms with Gasteiger partial charge in [-0.15, -0.1) is 0 Å². The van der Waals surface area contributed by atoms with Gasteiger partial charge < -0.3 is 19.0 Å². The summed E-state index contributed by atoms with van der Waals surface area (Å²) in [4.78, 5) is 7.87. The summed E-state index contributed by atoms with van der Waals surface area (Å²) in [5, 5.41) is 1.13. The number of aromatic amines is 1. The Morgan fingerprint density at radius 1 is 0.966 bits per heavy atom. The number of H-pyrrole nitrogens is 1. The SMILES string of the molecule is [18F]CCOCCOCCn1c(C#Cc2ccc3[nH]ccc3c2)nc2ccccc21. The summed E-state index contributed by atoms with van der Waals surface area (Å²) in [7, 11) is 0. The second-order valence-electron chi connectivity index (χ2n) is 6.52. The van der Waals surface area contributed by atoms with Crippen LogP contribution in [0.1, 0.15) is 11.4 Å². The predicted molar refractivity (Wildman–Crippen MR) is 112 cm³/mol. The molecule has 5 nitrogen and oxygen atoms in total. The Hall–Kier alpha value is -3.14. The summed E-state index contributed by atoms with van der Waals surface area (Å²) in [6, 6.07) is 16.1. The van der Waals surface area contributed by atoms with Crippen LogP contribution in [0.3, 0.4) is 0 Å². The van der Waals surface area contributed by atoms with Gasteiger partial charge in [0.15, 0.2) is 5.82 Å². The molecule has 1 N–H and O–H groups in total. The number of aromatic nitrogens is 3. The van der Waals surface area contributed by atoms with Crippen LogP contribution in [-0.4, -0.2) is 47.6 Å². The highest BCUT2D eigenvalue weighted by Crippen LogP contribution is 2.16. The van der Waals surface area contributed by atoms with Crippen LogP contribution in [0.2, 0.25) is 0 Å². The zero-order valence-corrected chi connectivity index (χ0v) is 16.0. The van der Waals surface area contributed by atoms with Gasteiger partial charge in [-0.05, 0) is 42.3 Å². The zero-order chi connectivity index (χ0) is 19.9. The summed E-state index contributed by atoms with van der Waals surface area (Å²) in [5.74, 6) is 7.15. The zero-order valence-electron chi connectivity index (χ0n) is 16.0. The number of fused-ring (bicyclic) bond motifs is 2. The third kappa shape index (κ3) is 4.65. The number of alkyl halides is 1. The minimum absolute atomic E-state index is 0.115. The molecule has 2 aromatic carbocycles. The normalized spacial score (nSPS) is 11.1. The van der Waals surface area contributed by atoms with Crippen LogP contribution in [0.5, 0.6) is 0 Å². The molecule has 0 saturated carbocycles. The van der Waals surface area contributed by atoms with Gasteiger partial charge in [-0.1, -0.05) is 18.1 Å². The minimum Gasteiger partial charge on any atom is -0.377 e. The van der Waals surface area contributed by atoms with E-state index >= 15 is 0 Å². The van der Waals surface area contributed by atoms with Crippen molar-refractivity contribution in [2.45, 2.75) is 6.54 Å².